The Morgan fingerprint density at radius 3 is 2.40 bits per heavy atom. The van der Waals surface area contributed by atoms with Crippen molar-refractivity contribution >= 4 is 17.4 Å². The molecular formula is C24H26N2O4. The Hall–Kier alpha value is -3.38. The van der Waals surface area contributed by atoms with Gasteiger partial charge in [-0.1, -0.05) is 43.0 Å². The fraction of sp³-hybridized carbons (Fsp3) is 0.250. The fourth-order valence-corrected chi connectivity index (χ4v) is 3.42. The lowest BCUT2D eigenvalue weighted by Crippen LogP contribution is -2.35. The second kappa shape index (κ2) is 9.41. The van der Waals surface area contributed by atoms with Gasteiger partial charge in [0.05, 0.1) is 11.6 Å². The molecule has 0 spiro atoms. The highest BCUT2D eigenvalue weighted by Gasteiger charge is 2.45. The van der Waals surface area contributed by atoms with E-state index in [9.17, 15) is 14.7 Å². The summed E-state index contributed by atoms with van der Waals surface area (Å²) in [5.74, 6) is -0.840. The first-order chi connectivity index (χ1) is 14.4. The maximum Gasteiger partial charge on any atom is 0.295 e. The van der Waals surface area contributed by atoms with Gasteiger partial charge in [-0.25, -0.2) is 0 Å². The Kier molecular flexibility index (Phi) is 6.69. The Bertz CT molecular complexity index is 949. The van der Waals surface area contributed by atoms with E-state index in [1.54, 1.807) is 30.3 Å². The molecule has 1 aliphatic heterocycles. The molecule has 6 nitrogen and oxygen atoms in total. The van der Waals surface area contributed by atoms with Crippen LogP contribution in [-0.2, 0) is 9.59 Å². The number of aliphatic hydroxyl groups excluding tert-OH is 1. The molecule has 0 radical (unpaired) electrons. The van der Waals surface area contributed by atoms with Gasteiger partial charge in [-0.2, -0.15) is 0 Å². The topological polar surface area (TPSA) is 70.1 Å². The first-order valence-corrected chi connectivity index (χ1v) is 9.76. The molecule has 6 heteroatoms. The van der Waals surface area contributed by atoms with Crippen LogP contribution in [-0.4, -0.2) is 60.4 Å². The molecule has 156 valence electrons. The van der Waals surface area contributed by atoms with Crippen LogP contribution in [0.5, 0.6) is 5.75 Å². The number of nitrogens with zero attached hydrogens (tertiary/aromatic N) is 2. The van der Waals surface area contributed by atoms with E-state index in [1.807, 2.05) is 49.3 Å². The number of Topliss-reactive ketones (excluding diaryl/α,β-unsaturated/α-hetero) is 1. The van der Waals surface area contributed by atoms with Crippen molar-refractivity contribution in [2.75, 3.05) is 33.8 Å². The standard InChI is InChI=1S/C24H26N2O4/c1-4-16-30-19-12-10-18(11-13-19)22(27)20-21(17-8-6-5-7-9-17)26(15-14-25(2)3)24(29)23(20)28/h4-13,21,27H,1,14-16H2,2-3H3/b22-20+. The van der Waals surface area contributed by atoms with Gasteiger partial charge in [-0.15, -0.1) is 0 Å². The molecule has 3 rings (SSSR count). The van der Waals surface area contributed by atoms with Crippen molar-refractivity contribution < 1.29 is 19.4 Å². The van der Waals surface area contributed by atoms with E-state index < -0.39 is 17.7 Å². The number of hydrogen-bond acceptors (Lipinski definition) is 5. The SMILES string of the molecule is C=CCOc1ccc(/C(O)=C2\C(=O)C(=O)N(CCN(C)C)C2c2ccccc2)cc1. The first kappa shape index (κ1) is 21.3. The van der Waals surface area contributed by atoms with Crippen LogP contribution in [0.4, 0.5) is 0 Å². The molecule has 2 aromatic carbocycles. The smallest absolute Gasteiger partial charge is 0.295 e. The minimum atomic E-state index is -0.674. The molecule has 0 saturated carbocycles. The van der Waals surface area contributed by atoms with Crippen LogP contribution in [0.3, 0.4) is 0 Å². The van der Waals surface area contributed by atoms with Crippen molar-refractivity contribution in [1.29, 1.82) is 0 Å². The second-order valence-electron chi connectivity index (χ2n) is 7.33. The van der Waals surface area contributed by atoms with E-state index in [-0.39, 0.29) is 11.3 Å². The average molecular weight is 406 g/mol. The lowest BCUT2D eigenvalue weighted by molar-refractivity contribution is -0.140. The summed E-state index contributed by atoms with van der Waals surface area (Å²) < 4.78 is 5.47. The number of amides is 1. The highest BCUT2D eigenvalue weighted by molar-refractivity contribution is 6.46. The zero-order valence-corrected chi connectivity index (χ0v) is 17.2. The predicted molar refractivity (Wildman–Crippen MR) is 116 cm³/mol. The quantitative estimate of drug-likeness (QED) is 0.315. The highest BCUT2D eigenvalue weighted by atomic mass is 16.5. The van der Waals surface area contributed by atoms with Crippen molar-refractivity contribution in [1.82, 2.24) is 9.80 Å². The maximum absolute atomic E-state index is 12.9. The third-order valence-electron chi connectivity index (χ3n) is 4.94. The van der Waals surface area contributed by atoms with E-state index in [2.05, 4.69) is 6.58 Å². The number of likely N-dealkylation sites (tertiary alicyclic amines) is 1. The van der Waals surface area contributed by atoms with Gasteiger partial charge in [0.25, 0.3) is 11.7 Å². The number of hydrogen-bond donors (Lipinski definition) is 1. The molecule has 2 aromatic rings. The fourth-order valence-electron chi connectivity index (χ4n) is 3.42. The summed E-state index contributed by atoms with van der Waals surface area (Å²) in [4.78, 5) is 29.2. The van der Waals surface area contributed by atoms with E-state index >= 15 is 0 Å². The lowest BCUT2D eigenvalue weighted by atomic mass is 9.95. The molecule has 1 unspecified atom stereocenters. The van der Waals surface area contributed by atoms with Gasteiger partial charge < -0.3 is 19.6 Å². The summed E-state index contributed by atoms with van der Waals surface area (Å²) in [5, 5.41) is 11.0. The second-order valence-corrected chi connectivity index (χ2v) is 7.33. The van der Waals surface area contributed by atoms with Gasteiger partial charge in [-0.3, -0.25) is 9.59 Å². The van der Waals surface area contributed by atoms with Crippen molar-refractivity contribution in [3.05, 3.63) is 84.0 Å². The molecule has 1 atom stereocenters. The largest absolute Gasteiger partial charge is 0.507 e. The number of aliphatic hydroxyl groups is 1. The first-order valence-electron chi connectivity index (χ1n) is 9.76. The van der Waals surface area contributed by atoms with Gasteiger partial charge in [0.15, 0.2) is 0 Å². The third-order valence-corrected chi connectivity index (χ3v) is 4.94. The monoisotopic (exact) mass is 406 g/mol. The lowest BCUT2D eigenvalue weighted by Gasteiger charge is -2.26. The van der Waals surface area contributed by atoms with E-state index in [1.165, 1.54) is 4.90 Å². The zero-order chi connectivity index (χ0) is 21.7. The average Bonchev–Trinajstić information content (AvgIpc) is 3.01. The van der Waals surface area contributed by atoms with Crippen molar-refractivity contribution in [2.24, 2.45) is 0 Å². The predicted octanol–water partition coefficient (Wildman–Crippen LogP) is 3.23. The van der Waals surface area contributed by atoms with Crippen molar-refractivity contribution in [3.63, 3.8) is 0 Å². The molecule has 1 saturated heterocycles. The molecule has 1 fully saturated rings. The van der Waals surface area contributed by atoms with Crippen LogP contribution in [0, 0.1) is 0 Å². The molecule has 1 N–H and O–H groups in total. The summed E-state index contributed by atoms with van der Waals surface area (Å²) in [6.45, 7) is 4.96. The van der Waals surface area contributed by atoms with E-state index in [0.29, 0.717) is 31.0 Å². The van der Waals surface area contributed by atoms with Crippen molar-refractivity contribution in [2.45, 2.75) is 6.04 Å². The summed E-state index contributed by atoms with van der Waals surface area (Å²) >= 11 is 0. The Labute approximate surface area is 176 Å². The van der Waals surface area contributed by atoms with E-state index in [0.717, 1.165) is 5.56 Å². The normalized spacial score (nSPS) is 18.1. The molecule has 1 amide bonds. The molecule has 0 bridgehead atoms. The highest BCUT2D eigenvalue weighted by Crippen LogP contribution is 2.39. The Balaban J connectivity index is 2.03. The number of carbonyl (C=O) groups is 2. The summed E-state index contributed by atoms with van der Waals surface area (Å²) in [7, 11) is 3.81. The molecule has 1 heterocycles. The summed E-state index contributed by atoms with van der Waals surface area (Å²) in [5.41, 5.74) is 1.33. The molecule has 30 heavy (non-hydrogen) atoms. The van der Waals surface area contributed by atoms with E-state index in [4.69, 9.17) is 4.74 Å². The number of likely N-dealkylation sites (N-methyl/N-ethyl adjacent to an activating group) is 1. The van der Waals surface area contributed by atoms with Crippen LogP contribution in [0.15, 0.2) is 72.8 Å². The van der Waals surface area contributed by atoms with Gasteiger partial charge in [-0.05, 0) is 43.9 Å². The number of rotatable bonds is 8. The van der Waals surface area contributed by atoms with Crippen LogP contribution in [0.2, 0.25) is 0 Å². The van der Waals surface area contributed by atoms with Crippen LogP contribution >= 0.6 is 0 Å². The van der Waals surface area contributed by atoms with Crippen LogP contribution in [0.1, 0.15) is 17.2 Å². The summed E-state index contributed by atoms with van der Waals surface area (Å²) in [6.07, 6.45) is 1.64. The Morgan fingerprint density at radius 2 is 1.80 bits per heavy atom. The summed E-state index contributed by atoms with van der Waals surface area (Å²) in [6, 6.07) is 15.4. The minimum absolute atomic E-state index is 0.102. The third kappa shape index (κ3) is 4.44. The van der Waals surface area contributed by atoms with Gasteiger partial charge in [0, 0.05) is 18.7 Å². The molecular weight excluding hydrogens is 380 g/mol. The molecule has 0 aliphatic carbocycles. The number of carbonyl (C=O) groups excluding carboxylic acids is 2. The molecule has 1 aliphatic rings. The number of ether oxygens (including phenoxy) is 1. The van der Waals surface area contributed by atoms with Gasteiger partial charge in [0.2, 0.25) is 0 Å². The molecule has 0 aromatic heterocycles. The minimum Gasteiger partial charge on any atom is -0.507 e. The number of ketones is 1. The maximum atomic E-state index is 12.9. The van der Waals surface area contributed by atoms with Crippen molar-refractivity contribution in [3.8, 4) is 5.75 Å². The zero-order valence-electron chi connectivity index (χ0n) is 17.2. The Morgan fingerprint density at radius 1 is 1.13 bits per heavy atom. The van der Waals surface area contributed by atoms with Gasteiger partial charge in [0.1, 0.15) is 18.1 Å². The number of benzene rings is 2. The van der Waals surface area contributed by atoms with Gasteiger partial charge >= 0.3 is 0 Å². The van der Waals surface area contributed by atoms with Crippen LogP contribution < -0.4 is 4.74 Å². The van der Waals surface area contributed by atoms with Crippen LogP contribution in [0.25, 0.3) is 5.76 Å².